The van der Waals surface area contributed by atoms with Gasteiger partial charge in [-0.1, -0.05) is 108 Å². The number of ether oxygens (including phenoxy) is 1. The molecule has 3 rings (SSSR count). The van der Waals surface area contributed by atoms with E-state index in [-0.39, 0.29) is 29.9 Å². The summed E-state index contributed by atoms with van der Waals surface area (Å²) in [4.78, 5) is 70.8. The minimum atomic E-state index is -1.02. The van der Waals surface area contributed by atoms with Gasteiger partial charge < -0.3 is 30.9 Å². The van der Waals surface area contributed by atoms with E-state index in [1.165, 1.54) is 0 Å². The molecule has 2 aromatic carbocycles. The highest BCUT2D eigenvalue weighted by atomic mass is 16.6. The summed E-state index contributed by atoms with van der Waals surface area (Å²) in [5, 5.41) is 11.8. The van der Waals surface area contributed by atoms with E-state index < -0.39 is 47.5 Å². The van der Waals surface area contributed by atoms with E-state index in [0.717, 1.165) is 49.8 Å². The van der Waals surface area contributed by atoms with Crippen LogP contribution in [0, 0.1) is 11.8 Å². The topological polar surface area (TPSA) is 149 Å². The van der Waals surface area contributed by atoms with Gasteiger partial charge in [-0.15, -0.1) is 0 Å². The third-order valence-electron chi connectivity index (χ3n) is 9.92. The van der Waals surface area contributed by atoms with Crippen molar-refractivity contribution in [3.05, 3.63) is 71.8 Å². The van der Waals surface area contributed by atoms with Crippen LogP contribution in [0.15, 0.2) is 60.7 Å². The van der Waals surface area contributed by atoms with Gasteiger partial charge in [-0.05, 0) is 89.1 Å². The van der Waals surface area contributed by atoms with Crippen LogP contribution in [-0.4, -0.2) is 91.3 Å². The first-order chi connectivity index (χ1) is 26.2. The van der Waals surface area contributed by atoms with Crippen LogP contribution < -0.4 is 21.3 Å². The number of Topliss-reactive ketones (excluding diaryl/α,β-unsaturated/α-hetero) is 1. The fraction of sp³-hybridized carbons (Fsp3) is 0.614. The van der Waals surface area contributed by atoms with Crippen molar-refractivity contribution in [2.75, 3.05) is 27.2 Å². The van der Waals surface area contributed by atoms with Crippen molar-refractivity contribution in [2.24, 2.45) is 11.8 Å². The molecule has 0 radical (unpaired) electrons. The standard InChI is InChI=1S/C44H67N5O6/c1-31(2)27-36(40(51)44(5)30-55-44)46-43(54)38(29-34-21-15-12-16-22-34)48-42(53)37(28-32(3)4)47-41(52)35(25-24-33-19-13-11-14-20-33)45-39(50)23-17-9-8-10-18-26-49(6)7/h11-16,19-22,31-32,35-38H,8-10,17-18,23-30H2,1-7H3,(H,45,50)(H,46,54)(H,47,52)(H,48,53)/t35-,36?,37?,38?,44?/m0/s1. The Morgan fingerprint density at radius 3 is 1.73 bits per heavy atom. The van der Waals surface area contributed by atoms with Crippen molar-refractivity contribution in [1.29, 1.82) is 0 Å². The summed E-state index contributed by atoms with van der Waals surface area (Å²) in [5.74, 6) is -1.67. The zero-order valence-electron chi connectivity index (χ0n) is 34.3. The molecule has 4 unspecified atom stereocenters. The summed E-state index contributed by atoms with van der Waals surface area (Å²) in [5.41, 5.74) is 0.944. The molecule has 1 aliphatic rings. The maximum atomic E-state index is 14.1. The molecule has 2 aromatic rings. The van der Waals surface area contributed by atoms with Crippen LogP contribution in [0.1, 0.15) is 104 Å². The zero-order chi connectivity index (χ0) is 40.4. The Bertz CT molecular complexity index is 1490. The van der Waals surface area contributed by atoms with Crippen LogP contribution in [0.3, 0.4) is 0 Å². The molecule has 0 bridgehead atoms. The fourth-order valence-electron chi connectivity index (χ4n) is 6.64. The van der Waals surface area contributed by atoms with Crippen molar-refractivity contribution in [2.45, 2.75) is 135 Å². The number of hydrogen-bond acceptors (Lipinski definition) is 7. The van der Waals surface area contributed by atoms with Crippen molar-refractivity contribution in [3.63, 3.8) is 0 Å². The summed E-state index contributed by atoms with van der Waals surface area (Å²) in [6, 6.07) is 15.5. The molecular weight excluding hydrogens is 695 g/mol. The molecule has 1 aliphatic heterocycles. The van der Waals surface area contributed by atoms with Crippen LogP contribution in [0.5, 0.6) is 0 Å². The number of epoxide rings is 1. The van der Waals surface area contributed by atoms with E-state index in [1.54, 1.807) is 6.92 Å². The van der Waals surface area contributed by atoms with Gasteiger partial charge in [0.15, 0.2) is 5.78 Å². The monoisotopic (exact) mass is 762 g/mol. The Labute approximate surface area is 329 Å². The minimum Gasteiger partial charge on any atom is -0.361 e. The van der Waals surface area contributed by atoms with Gasteiger partial charge in [0.1, 0.15) is 23.7 Å². The Morgan fingerprint density at radius 1 is 0.655 bits per heavy atom. The first-order valence-corrected chi connectivity index (χ1v) is 20.3. The van der Waals surface area contributed by atoms with Gasteiger partial charge >= 0.3 is 0 Å². The number of rotatable bonds is 26. The van der Waals surface area contributed by atoms with Crippen molar-refractivity contribution in [3.8, 4) is 0 Å². The zero-order valence-corrected chi connectivity index (χ0v) is 34.3. The molecule has 0 spiro atoms. The molecule has 55 heavy (non-hydrogen) atoms. The number of carbonyl (C=O) groups is 5. The quantitative estimate of drug-likeness (QED) is 0.0766. The van der Waals surface area contributed by atoms with Crippen LogP contribution >= 0.6 is 0 Å². The second-order valence-corrected chi connectivity index (χ2v) is 16.5. The Hall–Kier alpha value is -4.09. The van der Waals surface area contributed by atoms with E-state index in [1.807, 2.05) is 88.4 Å². The number of nitrogens with zero attached hydrogens (tertiary/aromatic N) is 1. The van der Waals surface area contributed by atoms with E-state index in [2.05, 4.69) is 40.3 Å². The van der Waals surface area contributed by atoms with Crippen molar-refractivity contribution in [1.82, 2.24) is 26.2 Å². The molecule has 0 aromatic heterocycles. The second-order valence-electron chi connectivity index (χ2n) is 16.5. The normalized spacial score (nSPS) is 17.3. The highest BCUT2D eigenvalue weighted by Gasteiger charge is 2.50. The maximum absolute atomic E-state index is 14.1. The van der Waals surface area contributed by atoms with Crippen molar-refractivity contribution < 1.29 is 28.7 Å². The van der Waals surface area contributed by atoms with E-state index >= 15 is 0 Å². The van der Waals surface area contributed by atoms with E-state index in [4.69, 9.17) is 4.74 Å². The Balaban J connectivity index is 1.75. The summed E-state index contributed by atoms with van der Waals surface area (Å²) in [6.45, 7) is 11.0. The maximum Gasteiger partial charge on any atom is 0.243 e. The predicted molar refractivity (Wildman–Crippen MR) is 217 cm³/mol. The number of benzene rings is 2. The summed E-state index contributed by atoms with van der Waals surface area (Å²) in [7, 11) is 4.13. The molecule has 304 valence electrons. The molecule has 11 nitrogen and oxygen atoms in total. The molecule has 11 heteroatoms. The molecule has 1 heterocycles. The second kappa shape index (κ2) is 23.1. The number of ketones is 1. The molecule has 4 N–H and O–H groups in total. The minimum absolute atomic E-state index is 0.0277. The predicted octanol–water partition coefficient (Wildman–Crippen LogP) is 5.15. The first-order valence-electron chi connectivity index (χ1n) is 20.3. The van der Waals surface area contributed by atoms with Gasteiger partial charge in [0.05, 0.1) is 12.6 Å². The molecule has 4 amide bonds. The lowest BCUT2D eigenvalue weighted by Crippen LogP contribution is -2.59. The lowest BCUT2D eigenvalue weighted by Gasteiger charge is -2.28. The Kier molecular flexibility index (Phi) is 19.0. The molecule has 1 fully saturated rings. The fourth-order valence-corrected chi connectivity index (χ4v) is 6.64. The molecular formula is C44H67N5O6. The number of aryl methyl sites for hydroxylation is 1. The molecule has 0 aliphatic carbocycles. The molecule has 5 atom stereocenters. The van der Waals surface area contributed by atoms with Gasteiger partial charge in [0.2, 0.25) is 23.6 Å². The average Bonchev–Trinajstić information content (AvgIpc) is 3.90. The number of nitrogens with one attached hydrogen (secondary N) is 4. The van der Waals surface area contributed by atoms with Crippen molar-refractivity contribution >= 4 is 29.4 Å². The van der Waals surface area contributed by atoms with Gasteiger partial charge in [-0.25, -0.2) is 0 Å². The molecule has 0 saturated carbocycles. The van der Waals surface area contributed by atoms with E-state index in [9.17, 15) is 24.0 Å². The van der Waals surface area contributed by atoms with Gasteiger partial charge in [0.25, 0.3) is 0 Å². The molecule has 1 saturated heterocycles. The van der Waals surface area contributed by atoms with Crippen LogP contribution in [0.2, 0.25) is 0 Å². The lowest BCUT2D eigenvalue weighted by atomic mass is 9.93. The summed E-state index contributed by atoms with van der Waals surface area (Å²) < 4.78 is 5.42. The number of unbranched alkanes of at least 4 members (excludes halogenated alkanes) is 4. The number of carbonyl (C=O) groups excluding carboxylic acids is 5. The smallest absolute Gasteiger partial charge is 0.243 e. The van der Waals surface area contributed by atoms with Gasteiger partial charge in [-0.3, -0.25) is 24.0 Å². The summed E-state index contributed by atoms with van der Waals surface area (Å²) in [6.07, 6.45) is 7.12. The Morgan fingerprint density at radius 2 is 1.15 bits per heavy atom. The number of hydrogen-bond donors (Lipinski definition) is 4. The van der Waals surface area contributed by atoms with Gasteiger partial charge in [-0.2, -0.15) is 0 Å². The van der Waals surface area contributed by atoms with Crippen LogP contribution in [0.25, 0.3) is 0 Å². The highest BCUT2D eigenvalue weighted by molar-refractivity contribution is 5.98. The third-order valence-corrected chi connectivity index (χ3v) is 9.92. The van der Waals surface area contributed by atoms with Crippen LogP contribution in [-0.2, 0) is 41.6 Å². The van der Waals surface area contributed by atoms with E-state index in [0.29, 0.717) is 38.7 Å². The largest absolute Gasteiger partial charge is 0.361 e. The van der Waals surface area contributed by atoms with Gasteiger partial charge in [0, 0.05) is 12.8 Å². The first kappa shape index (κ1) is 45.3. The van der Waals surface area contributed by atoms with Crippen LogP contribution in [0.4, 0.5) is 0 Å². The lowest BCUT2D eigenvalue weighted by molar-refractivity contribution is -0.135. The summed E-state index contributed by atoms with van der Waals surface area (Å²) >= 11 is 0. The average molecular weight is 762 g/mol. The third kappa shape index (κ3) is 17.1. The number of amides is 4. The SMILES string of the molecule is CC(C)CC(NC(=O)[C@H](CCc1ccccc1)NC(=O)CCCCCCCN(C)C)C(=O)NC(Cc1ccccc1)C(=O)NC(CC(C)C)C(=O)C1(C)CO1. The highest BCUT2D eigenvalue weighted by Crippen LogP contribution is 2.29.